The number of halogens is 1. The van der Waals surface area contributed by atoms with Crippen LogP contribution < -0.4 is 5.32 Å². The van der Waals surface area contributed by atoms with Gasteiger partial charge in [0.2, 0.25) is 0 Å². The Balaban J connectivity index is 2.46. The molecule has 4 nitrogen and oxygen atoms in total. The van der Waals surface area contributed by atoms with Crippen molar-refractivity contribution in [3.63, 3.8) is 0 Å². The van der Waals surface area contributed by atoms with E-state index in [0.29, 0.717) is 16.4 Å². The van der Waals surface area contributed by atoms with Gasteiger partial charge in [-0.1, -0.05) is 23.7 Å². The molecule has 2 N–H and O–H groups in total. The van der Waals surface area contributed by atoms with Crippen molar-refractivity contribution in [2.45, 2.75) is 13.0 Å². The summed E-state index contributed by atoms with van der Waals surface area (Å²) in [4.78, 5) is 15.0. The SMILES string of the molecule is CC(Nc1cccc2ccc(Cl)nc12)C(=O)O. The third-order valence-electron chi connectivity index (χ3n) is 2.43. The predicted molar refractivity (Wildman–Crippen MR) is 67.5 cm³/mol. The topological polar surface area (TPSA) is 62.2 Å². The van der Waals surface area contributed by atoms with Crippen molar-refractivity contribution in [1.82, 2.24) is 4.98 Å². The Hall–Kier alpha value is -1.81. The van der Waals surface area contributed by atoms with Crippen LogP contribution in [0.5, 0.6) is 0 Å². The van der Waals surface area contributed by atoms with Gasteiger partial charge in [-0.05, 0) is 25.1 Å². The summed E-state index contributed by atoms with van der Waals surface area (Å²) in [5.74, 6) is -0.913. The second-order valence-corrected chi connectivity index (χ2v) is 4.10. The summed E-state index contributed by atoms with van der Waals surface area (Å²) in [5, 5.41) is 13.0. The largest absolute Gasteiger partial charge is 0.480 e. The predicted octanol–water partition coefficient (Wildman–Crippen LogP) is 2.77. The van der Waals surface area contributed by atoms with Crippen LogP contribution in [0.25, 0.3) is 10.9 Å². The van der Waals surface area contributed by atoms with Gasteiger partial charge in [0.05, 0.1) is 11.2 Å². The second kappa shape index (κ2) is 4.59. The second-order valence-electron chi connectivity index (χ2n) is 3.72. The summed E-state index contributed by atoms with van der Waals surface area (Å²) in [6.45, 7) is 1.58. The maximum Gasteiger partial charge on any atom is 0.325 e. The standard InChI is InChI=1S/C12H11ClN2O2/c1-7(12(16)17)14-9-4-2-3-8-5-6-10(13)15-11(8)9/h2-7,14H,1H3,(H,16,17). The molecule has 17 heavy (non-hydrogen) atoms. The fourth-order valence-corrected chi connectivity index (χ4v) is 1.68. The number of carboxylic acid groups (broad SMARTS) is 1. The molecule has 0 radical (unpaired) electrons. The molecule has 1 aromatic carbocycles. The Morgan fingerprint density at radius 2 is 2.18 bits per heavy atom. The molecule has 2 aromatic rings. The van der Waals surface area contributed by atoms with Crippen LogP contribution in [-0.2, 0) is 4.79 Å². The number of hydrogen-bond donors (Lipinski definition) is 2. The van der Waals surface area contributed by atoms with Gasteiger partial charge in [-0.2, -0.15) is 0 Å². The number of pyridine rings is 1. The smallest absolute Gasteiger partial charge is 0.325 e. The third kappa shape index (κ3) is 2.47. The van der Waals surface area contributed by atoms with E-state index in [0.717, 1.165) is 5.39 Å². The molecule has 0 bridgehead atoms. The highest BCUT2D eigenvalue weighted by atomic mass is 35.5. The fraction of sp³-hybridized carbons (Fsp3) is 0.167. The van der Waals surface area contributed by atoms with Crippen molar-refractivity contribution in [2.24, 2.45) is 0 Å². The molecule has 0 aliphatic carbocycles. The summed E-state index contributed by atoms with van der Waals surface area (Å²) >= 11 is 5.83. The monoisotopic (exact) mass is 250 g/mol. The third-order valence-corrected chi connectivity index (χ3v) is 2.64. The molecule has 0 spiro atoms. The average molecular weight is 251 g/mol. The first-order chi connectivity index (χ1) is 8.08. The molecule has 0 saturated carbocycles. The van der Waals surface area contributed by atoms with Crippen molar-refractivity contribution in [2.75, 3.05) is 5.32 Å². The molecule has 1 heterocycles. The Labute approximate surface area is 103 Å². The van der Waals surface area contributed by atoms with Crippen LogP contribution >= 0.6 is 11.6 Å². The molecule has 0 amide bonds. The molecule has 88 valence electrons. The van der Waals surface area contributed by atoms with Gasteiger partial charge in [0.1, 0.15) is 11.2 Å². The van der Waals surface area contributed by atoms with E-state index >= 15 is 0 Å². The Morgan fingerprint density at radius 3 is 2.88 bits per heavy atom. The normalized spacial score (nSPS) is 12.4. The van der Waals surface area contributed by atoms with Gasteiger partial charge in [0.25, 0.3) is 0 Å². The lowest BCUT2D eigenvalue weighted by atomic mass is 10.2. The molecular weight excluding hydrogens is 240 g/mol. The summed E-state index contributed by atoms with van der Waals surface area (Å²) < 4.78 is 0. The highest BCUT2D eigenvalue weighted by Crippen LogP contribution is 2.23. The fourth-order valence-electron chi connectivity index (χ4n) is 1.53. The van der Waals surface area contributed by atoms with E-state index in [1.807, 2.05) is 18.2 Å². The molecule has 0 aliphatic heterocycles. The number of anilines is 1. The van der Waals surface area contributed by atoms with E-state index in [-0.39, 0.29) is 0 Å². The molecule has 2 rings (SSSR count). The van der Waals surface area contributed by atoms with Gasteiger partial charge in [-0.3, -0.25) is 4.79 Å². The maximum atomic E-state index is 10.8. The maximum absolute atomic E-state index is 10.8. The van der Waals surface area contributed by atoms with Crippen LogP contribution in [0.1, 0.15) is 6.92 Å². The van der Waals surface area contributed by atoms with Crippen molar-refractivity contribution in [3.05, 3.63) is 35.5 Å². The van der Waals surface area contributed by atoms with Crippen LogP contribution in [0.3, 0.4) is 0 Å². The average Bonchev–Trinajstić information content (AvgIpc) is 2.29. The molecule has 0 fully saturated rings. The van der Waals surface area contributed by atoms with E-state index in [1.54, 1.807) is 19.1 Å². The summed E-state index contributed by atoms with van der Waals surface area (Å²) in [7, 11) is 0. The number of hydrogen-bond acceptors (Lipinski definition) is 3. The molecule has 0 saturated heterocycles. The number of aliphatic carboxylic acids is 1. The number of rotatable bonds is 3. The van der Waals surface area contributed by atoms with E-state index in [4.69, 9.17) is 16.7 Å². The van der Waals surface area contributed by atoms with Crippen molar-refractivity contribution in [1.29, 1.82) is 0 Å². The Morgan fingerprint density at radius 1 is 1.41 bits per heavy atom. The number of nitrogens with one attached hydrogen (secondary N) is 1. The number of aromatic nitrogens is 1. The molecule has 1 aromatic heterocycles. The quantitative estimate of drug-likeness (QED) is 0.823. The van der Waals surface area contributed by atoms with Crippen LogP contribution in [0.15, 0.2) is 30.3 Å². The van der Waals surface area contributed by atoms with E-state index in [1.165, 1.54) is 0 Å². The molecular formula is C12H11ClN2O2. The highest BCUT2D eigenvalue weighted by Gasteiger charge is 2.12. The lowest BCUT2D eigenvalue weighted by molar-refractivity contribution is -0.137. The van der Waals surface area contributed by atoms with Crippen LogP contribution in [-0.4, -0.2) is 22.1 Å². The zero-order chi connectivity index (χ0) is 12.4. The number of benzene rings is 1. The van der Waals surface area contributed by atoms with E-state index in [2.05, 4.69) is 10.3 Å². The van der Waals surface area contributed by atoms with Crippen LogP contribution in [0.4, 0.5) is 5.69 Å². The Bertz CT molecular complexity index is 571. The minimum absolute atomic E-state index is 0.384. The number of carbonyl (C=O) groups is 1. The van der Waals surface area contributed by atoms with E-state index in [9.17, 15) is 4.79 Å². The van der Waals surface area contributed by atoms with Crippen molar-refractivity contribution >= 4 is 34.2 Å². The zero-order valence-electron chi connectivity index (χ0n) is 9.14. The van der Waals surface area contributed by atoms with Gasteiger partial charge in [0, 0.05) is 5.39 Å². The Kier molecular flexibility index (Phi) is 3.15. The summed E-state index contributed by atoms with van der Waals surface area (Å²) in [5.41, 5.74) is 1.34. The first kappa shape index (κ1) is 11.7. The molecule has 0 aliphatic rings. The van der Waals surface area contributed by atoms with Gasteiger partial charge in [-0.25, -0.2) is 4.98 Å². The minimum Gasteiger partial charge on any atom is -0.480 e. The van der Waals surface area contributed by atoms with Gasteiger partial charge in [-0.15, -0.1) is 0 Å². The van der Waals surface area contributed by atoms with Crippen LogP contribution in [0.2, 0.25) is 5.15 Å². The first-order valence-electron chi connectivity index (χ1n) is 5.12. The molecule has 5 heteroatoms. The number of carboxylic acids is 1. The minimum atomic E-state index is -0.913. The van der Waals surface area contributed by atoms with Gasteiger partial charge >= 0.3 is 5.97 Å². The van der Waals surface area contributed by atoms with Crippen LogP contribution in [0, 0.1) is 0 Å². The molecule has 1 unspecified atom stereocenters. The van der Waals surface area contributed by atoms with E-state index < -0.39 is 12.0 Å². The van der Waals surface area contributed by atoms with Gasteiger partial charge < -0.3 is 10.4 Å². The molecule has 1 atom stereocenters. The number of nitrogens with zero attached hydrogens (tertiary/aromatic N) is 1. The highest BCUT2D eigenvalue weighted by molar-refractivity contribution is 6.29. The summed E-state index contributed by atoms with van der Waals surface area (Å²) in [6, 6.07) is 8.39. The summed E-state index contributed by atoms with van der Waals surface area (Å²) in [6.07, 6.45) is 0. The zero-order valence-corrected chi connectivity index (χ0v) is 9.90. The first-order valence-corrected chi connectivity index (χ1v) is 5.50. The number of para-hydroxylation sites is 1. The van der Waals surface area contributed by atoms with Gasteiger partial charge in [0.15, 0.2) is 0 Å². The number of fused-ring (bicyclic) bond motifs is 1. The van der Waals surface area contributed by atoms with Crippen molar-refractivity contribution < 1.29 is 9.90 Å². The lowest BCUT2D eigenvalue weighted by Crippen LogP contribution is -2.25. The lowest BCUT2D eigenvalue weighted by Gasteiger charge is -2.12. The van der Waals surface area contributed by atoms with Crippen molar-refractivity contribution in [3.8, 4) is 0 Å².